The molecule has 0 saturated carbocycles. The number of halogens is 1. The van der Waals surface area contributed by atoms with Crippen LogP contribution in [-0.2, 0) is 18.4 Å². The second kappa shape index (κ2) is 6.98. The molecule has 1 amide bonds. The van der Waals surface area contributed by atoms with Crippen LogP contribution in [0, 0.1) is 6.92 Å². The van der Waals surface area contributed by atoms with Gasteiger partial charge in [-0.2, -0.15) is 0 Å². The molecule has 1 heterocycles. The maximum Gasteiger partial charge on any atom is 0.234 e. The molecule has 1 aromatic carbocycles. The molecule has 0 spiro atoms. The maximum atomic E-state index is 12.0. The second-order valence-electron chi connectivity index (χ2n) is 4.50. The SMILES string of the molecule is Cc1c(Cl)cccc1NC(=O)CSc1ncc(CO)n1C. The number of rotatable bonds is 5. The number of benzene rings is 1. The number of aromatic nitrogens is 2. The molecule has 0 atom stereocenters. The molecule has 1 aromatic heterocycles. The molecular formula is C14H16ClN3O2S. The highest BCUT2D eigenvalue weighted by Gasteiger charge is 2.11. The lowest BCUT2D eigenvalue weighted by atomic mass is 10.2. The van der Waals surface area contributed by atoms with Crippen molar-refractivity contribution in [2.45, 2.75) is 18.7 Å². The smallest absolute Gasteiger partial charge is 0.234 e. The van der Waals surface area contributed by atoms with E-state index in [9.17, 15) is 4.79 Å². The second-order valence-corrected chi connectivity index (χ2v) is 5.85. The van der Waals surface area contributed by atoms with Crippen LogP contribution in [0.25, 0.3) is 0 Å². The number of hydrogen-bond acceptors (Lipinski definition) is 4. The van der Waals surface area contributed by atoms with E-state index in [-0.39, 0.29) is 18.3 Å². The van der Waals surface area contributed by atoms with Gasteiger partial charge in [-0.15, -0.1) is 0 Å². The predicted molar refractivity (Wildman–Crippen MR) is 84.7 cm³/mol. The van der Waals surface area contributed by atoms with Gasteiger partial charge in [0, 0.05) is 17.8 Å². The number of imidazole rings is 1. The lowest BCUT2D eigenvalue weighted by Gasteiger charge is -2.09. The van der Waals surface area contributed by atoms with Gasteiger partial charge < -0.3 is 15.0 Å². The van der Waals surface area contributed by atoms with Gasteiger partial charge in [0.2, 0.25) is 5.91 Å². The van der Waals surface area contributed by atoms with Gasteiger partial charge in [-0.25, -0.2) is 4.98 Å². The molecule has 0 unspecified atom stereocenters. The van der Waals surface area contributed by atoms with Crippen molar-refractivity contribution >= 4 is 35.0 Å². The van der Waals surface area contributed by atoms with Crippen LogP contribution in [0.4, 0.5) is 5.69 Å². The van der Waals surface area contributed by atoms with Crippen LogP contribution < -0.4 is 5.32 Å². The fourth-order valence-electron chi connectivity index (χ4n) is 1.77. The first-order valence-corrected chi connectivity index (χ1v) is 7.68. The lowest BCUT2D eigenvalue weighted by Crippen LogP contribution is -2.15. The highest BCUT2D eigenvalue weighted by Crippen LogP contribution is 2.23. The molecular weight excluding hydrogens is 310 g/mol. The number of anilines is 1. The first-order valence-electron chi connectivity index (χ1n) is 6.32. The molecule has 0 fully saturated rings. The van der Waals surface area contributed by atoms with E-state index in [1.807, 2.05) is 13.0 Å². The van der Waals surface area contributed by atoms with Gasteiger partial charge in [-0.05, 0) is 24.6 Å². The van der Waals surface area contributed by atoms with Crippen molar-refractivity contribution in [3.8, 4) is 0 Å². The molecule has 0 aliphatic carbocycles. The molecule has 2 rings (SSSR count). The Labute approximate surface area is 132 Å². The standard InChI is InChI=1S/C14H16ClN3O2S/c1-9-11(15)4-3-5-12(9)17-13(20)8-21-14-16-6-10(7-19)18(14)2/h3-6,19H,7-8H2,1-2H3,(H,17,20). The zero-order valence-electron chi connectivity index (χ0n) is 11.8. The van der Waals surface area contributed by atoms with E-state index in [2.05, 4.69) is 10.3 Å². The Hall–Kier alpha value is -1.50. The van der Waals surface area contributed by atoms with E-state index in [4.69, 9.17) is 16.7 Å². The minimum absolute atomic E-state index is 0.0715. The van der Waals surface area contributed by atoms with E-state index in [1.165, 1.54) is 11.8 Å². The summed E-state index contributed by atoms with van der Waals surface area (Å²) in [4.78, 5) is 16.1. The summed E-state index contributed by atoms with van der Waals surface area (Å²) in [6, 6.07) is 5.39. The third kappa shape index (κ3) is 3.78. The monoisotopic (exact) mass is 325 g/mol. The molecule has 2 N–H and O–H groups in total. The van der Waals surface area contributed by atoms with Gasteiger partial charge in [-0.3, -0.25) is 4.79 Å². The molecule has 7 heteroatoms. The number of aliphatic hydroxyl groups excluding tert-OH is 1. The van der Waals surface area contributed by atoms with E-state index < -0.39 is 0 Å². The molecule has 0 radical (unpaired) electrons. The van der Waals surface area contributed by atoms with E-state index in [0.29, 0.717) is 21.6 Å². The first kappa shape index (κ1) is 15.9. The quantitative estimate of drug-likeness (QED) is 0.829. The summed E-state index contributed by atoms with van der Waals surface area (Å²) in [5.41, 5.74) is 2.27. The van der Waals surface area contributed by atoms with Gasteiger partial charge in [0.15, 0.2) is 5.16 Å². The zero-order valence-corrected chi connectivity index (χ0v) is 13.3. The van der Waals surface area contributed by atoms with Crippen LogP contribution in [0.15, 0.2) is 29.6 Å². The highest BCUT2D eigenvalue weighted by molar-refractivity contribution is 7.99. The highest BCUT2D eigenvalue weighted by atomic mass is 35.5. The summed E-state index contributed by atoms with van der Waals surface area (Å²) in [5.74, 6) is 0.112. The molecule has 0 saturated heterocycles. The number of aliphatic hydroxyl groups is 1. The van der Waals surface area contributed by atoms with Crippen LogP contribution in [0.3, 0.4) is 0 Å². The lowest BCUT2D eigenvalue weighted by molar-refractivity contribution is -0.113. The Kier molecular flexibility index (Phi) is 5.27. The van der Waals surface area contributed by atoms with E-state index in [0.717, 1.165) is 5.56 Å². The van der Waals surface area contributed by atoms with Crippen molar-refractivity contribution in [2.24, 2.45) is 7.05 Å². The van der Waals surface area contributed by atoms with Crippen molar-refractivity contribution in [2.75, 3.05) is 11.1 Å². The average molecular weight is 326 g/mol. The number of carbonyl (C=O) groups excluding carboxylic acids is 1. The van der Waals surface area contributed by atoms with E-state index >= 15 is 0 Å². The summed E-state index contributed by atoms with van der Waals surface area (Å²) < 4.78 is 1.77. The van der Waals surface area contributed by atoms with Gasteiger partial charge >= 0.3 is 0 Å². The summed E-state index contributed by atoms with van der Waals surface area (Å²) in [6.45, 7) is 1.79. The Morgan fingerprint density at radius 2 is 2.29 bits per heavy atom. The normalized spacial score (nSPS) is 10.7. The molecule has 5 nitrogen and oxygen atoms in total. The predicted octanol–water partition coefficient (Wildman–Crippen LogP) is 2.61. The van der Waals surface area contributed by atoms with Crippen molar-refractivity contribution in [1.29, 1.82) is 0 Å². The van der Waals surface area contributed by atoms with Crippen molar-refractivity contribution in [3.05, 3.63) is 40.7 Å². The third-order valence-corrected chi connectivity index (χ3v) is 4.53. The largest absolute Gasteiger partial charge is 0.390 e. The summed E-state index contributed by atoms with van der Waals surface area (Å²) in [6.07, 6.45) is 1.60. The Balaban J connectivity index is 1.96. The number of nitrogens with one attached hydrogen (secondary N) is 1. The minimum Gasteiger partial charge on any atom is -0.390 e. The maximum absolute atomic E-state index is 12.0. The average Bonchev–Trinajstić information content (AvgIpc) is 2.82. The molecule has 0 bridgehead atoms. The van der Waals surface area contributed by atoms with E-state index in [1.54, 1.807) is 29.9 Å². The third-order valence-electron chi connectivity index (χ3n) is 3.08. The fraction of sp³-hybridized carbons (Fsp3) is 0.286. The van der Waals surface area contributed by atoms with Gasteiger partial charge in [0.25, 0.3) is 0 Å². The van der Waals surface area contributed by atoms with Crippen LogP contribution in [0.2, 0.25) is 5.02 Å². The van der Waals surface area contributed by atoms with Crippen LogP contribution in [-0.4, -0.2) is 26.3 Å². The molecule has 0 aliphatic heterocycles. The number of amides is 1. The first-order chi connectivity index (χ1) is 10.0. The fourth-order valence-corrected chi connectivity index (χ4v) is 2.71. The topological polar surface area (TPSA) is 67.2 Å². The Morgan fingerprint density at radius 3 is 2.95 bits per heavy atom. The Bertz CT molecular complexity index is 658. The van der Waals surface area contributed by atoms with Crippen LogP contribution in [0.1, 0.15) is 11.3 Å². The zero-order chi connectivity index (χ0) is 15.4. The molecule has 21 heavy (non-hydrogen) atoms. The molecule has 0 aliphatic rings. The van der Waals surface area contributed by atoms with Gasteiger partial charge in [0.05, 0.1) is 24.3 Å². The number of nitrogens with zero attached hydrogens (tertiary/aromatic N) is 2. The summed E-state index contributed by atoms with van der Waals surface area (Å²) in [5, 5.41) is 13.2. The molecule has 2 aromatic rings. The van der Waals surface area contributed by atoms with Crippen molar-refractivity contribution < 1.29 is 9.90 Å². The number of thioether (sulfide) groups is 1. The minimum atomic E-state index is -0.126. The van der Waals surface area contributed by atoms with Crippen molar-refractivity contribution in [1.82, 2.24) is 9.55 Å². The summed E-state index contributed by atoms with van der Waals surface area (Å²) >= 11 is 7.33. The van der Waals surface area contributed by atoms with Crippen molar-refractivity contribution in [3.63, 3.8) is 0 Å². The van der Waals surface area contributed by atoms with Gasteiger partial charge in [0.1, 0.15) is 0 Å². The Morgan fingerprint density at radius 1 is 1.52 bits per heavy atom. The summed E-state index contributed by atoms with van der Waals surface area (Å²) in [7, 11) is 1.81. The number of hydrogen-bond donors (Lipinski definition) is 2. The van der Waals surface area contributed by atoms with Crippen LogP contribution >= 0.6 is 23.4 Å². The number of carbonyl (C=O) groups is 1. The van der Waals surface area contributed by atoms with Gasteiger partial charge in [-0.1, -0.05) is 29.4 Å². The molecule has 112 valence electrons. The van der Waals surface area contributed by atoms with Crippen LogP contribution in [0.5, 0.6) is 0 Å².